The average Bonchev–Trinajstić information content (AvgIpc) is 2.75. The lowest BCUT2D eigenvalue weighted by Crippen LogP contribution is -2.10. The van der Waals surface area contributed by atoms with Crippen molar-refractivity contribution in [3.8, 4) is 18.0 Å². The first-order valence-electron chi connectivity index (χ1n) is 9.90. The Balaban J connectivity index is 2.51. The van der Waals surface area contributed by atoms with Crippen molar-refractivity contribution < 1.29 is 43.9 Å². The minimum atomic E-state index is -0.871. The molecule has 186 valence electrons. The first kappa shape index (κ1) is 28.9. The molecule has 3 N–H and O–H groups in total. The van der Waals surface area contributed by atoms with Gasteiger partial charge >= 0.3 is 35.9 Å². The summed E-state index contributed by atoms with van der Waals surface area (Å²) in [6.45, 7) is 0.813. The summed E-state index contributed by atoms with van der Waals surface area (Å²) in [5, 5.41) is 25.9. The van der Waals surface area contributed by atoms with Crippen molar-refractivity contribution in [1.82, 2.24) is 15.0 Å². The van der Waals surface area contributed by atoms with Gasteiger partial charge in [0.05, 0.1) is 37.1 Å². The fraction of sp³-hybridized carbons (Fsp3) is 0.667. The summed E-state index contributed by atoms with van der Waals surface area (Å²) >= 11 is 3.85. The van der Waals surface area contributed by atoms with E-state index in [1.807, 2.05) is 0 Å². The molecule has 0 aliphatic heterocycles. The molecule has 1 heterocycles. The second kappa shape index (κ2) is 18.3. The van der Waals surface area contributed by atoms with Gasteiger partial charge in [0.25, 0.3) is 0 Å². The highest BCUT2D eigenvalue weighted by molar-refractivity contribution is 8.00. The van der Waals surface area contributed by atoms with E-state index in [2.05, 4.69) is 15.0 Å². The maximum atomic E-state index is 10.5. The molecule has 0 aliphatic rings. The number of nitrogens with zero attached hydrogens (tertiary/aromatic N) is 3. The van der Waals surface area contributed by atoms with E-state index >= 15 is 0 Å². The number of hydrogen-bond donors (Lipinski definition) is 3. The van der Waals surface area contributed by atoms with Gasteiger partial charge in [-0.2, -0.15) is 35.3 Å². The summed E-state index contributed by atoms with van der Waals surface area (Å²) < 4.78 is 16.5. The molecule has 12 nitrogen and oxygen atoms in total. The molecule has 0 saturated carbocycles. The van der Waals surface area contributed by atoms with Crippen LogP contribution in [0.25, 0.3) is 0 Å². The van der Waals surface area contributed by atoms with Crippen molar-refractivity contribution in [2.75, 3.05) is 54.3 Å². The van der Waals surface area contributed by atoms with Crippen LogP contribution in [0.3, 0.4) is 0 Å². The lowest BCUT2D eigenvalue weighted by Gasteiger charge is -2.10. The van der Waals surface area contributed by atoms with E-state index in [0.717, 1.165) is 0 Å². The van der Waals surface area contributed by atoms with Crippen LogP contribution in [0, 0.1) is 0 Å². The molecule has 0 saturated heterocycles. The maximum Gasteiger partial charge on any atom is 0.325 e. The number of aliphatic carboxylic acids is 3. The summed E-state index contributed by atoms with van der Waals surface area (Å²) in [6, 6.07) is 0.0382. The molecule has 0 bridgehead atoms. The molecule has 1 aromatic rings. The van der Waals surface area contributed by atoms with Crippen LogP contribution in [-0.2, 0) is 14.4 Å². The highest BCUT2D eigenvalue weighted by Gasteiger charge is 2.11. The van der Waals surface area contributed by atoms with Crippen molar-refractivity contribution in [2.45, 2.75) is 19.3 Å². The van der Waals surface area contributed by atoms with Crippen LogP contribution in [-0.4, -0.2) is 103 Å². The average molecular weight is 526 g/mol. The predicted octanol–water partition coefficient (Wildman–Crippen LogP) is 1.63. The van der Waals surface area contributed by atoms with Crippen molar-refractivity contribution in [1.29, 1.82) is 0 Å². The Kier molecular flexibility index (Phi) is 16.0. The molecule has 1 rings (SSSR count). The first-order valence-corrected chi connectivity index (χ1v) is 13.4. The lowest BCUT2D eigenvalue weighted by atomic mass is 10.5. The largest absolute Gasteiger partial charge is 0.481 e. The van der Waals surface area contributed by atoms with Gasteiger partial charge in [0.15, 0.2) is 0 Å². The Bertz CT molecular complexity index is 636. The van der Waals surface area contributed by atoms with Gasteiger partial charge in [-0.1, -0.05) is 0 Å². The zero-order valence-electron chi connectivity index (χ0n) is 17.8. The fourth-order valence-electron chi connectivity index (χ4n) is 1.97. The van der Waals surface area contributed by atoms with Crippen LogP contribution in [0.1, 0.15) is 19.3 Å². The Labute approximate surface area is 203 Å². The predicted molar refractivity (Wildman–Crippen MR) is 125 cm³/mol. The minimum absolute atomic E-state index is 0.0127. The fourth-order valence-corrected chi connectivity index (χ4v) is 3.89. The Morgan fingerprint density at radius 2 is 0.848 bits per heavy atom. The summed E-state index contributed by atoms with van der Waals surface area (Å²) in [5.74, 6) is -0.727. The van der Waals surface area contributed by atoms with Crippen molar-refractivity contribution >= 4 is 53.2 Å². The first-order chi connectivity index (χ1) is 15.9. The zero-order valence-corrected chi connectivity index (χ0v) is 20.3. The van der Waals surface area contributed by atoms with E-state index in [1.165, 1.54) is 35.3 Å². The number of hydrogen-bond acceptors (Lipinski definition) is 12. The van der Waals surface area contributed by atoms with Gasteiger partial charge in [-0.05, 0) is 36.5 Å². The maximum absolute atomic E-state index is 10.5. The molecule has 0 aromatic carbocycles. The third kappa shape index (κ3) is 17.1. The van der Waals surface area contributed by atoms with Gasteiger partial charge < -0.3 is 29.5 Å². The quantitative estimate of drug-likeness (QED) is 0.197. The van der Waals surface area contributed by atoms with Crippen LogP contribution >= 0.6 is 35.3 Å². The van der Waals surface area contributed by atoms with E-state index in [0.29, 0.717) is 36.5 Å². The lowest BCUT2D eigenvalue weighted by molar-refractivity contribution is -0.134. The summed E-state index contributed by atoms with van der Waals surface area (Å²) in [5.41, 5.74) is 0. The minimum Gasteiger partial charge on any atom is -0.481 e. The SMILES string of the molecule is O=C(O)CSCCCOc1nc(OCCCSCC(=O)O)nc(OCCCSCC(=O)O)n1. The second-order valence-corrected chi connectivity index (χ2v) is 9.44. The summed E-state index contributed by atoms with van der Waals surface area (Å²) in [6.07, 6.45) is 1.78. The molecule has 33 heavy (non-hydrogen) atoms. The van der Waals surface area contributed by atoms with Crippen LogP contribution in [0.15, 0.2) is 0 Å². The van der Waals surface area contributed by atoms with Gasteiger partial charge in [-0.3, -0.25) is 14.4 Å². The molecule has 0 spiro atoms. The number of ether oxygens (including phenoxy) is 3. The molecule has 0 aliphatic carbocycles. The zero-order chi connectivity index (χ0) is 24.3. The number of carbonyl (C=O) groups is 3. The van der Waals surface area contributed by atoms with Gasteiger partial charge in [-0.25, -0.2) is 0 Å². The summed E-state index contributed by atoms with van der Waals surface area (Å²) in [4.78, 5) is 43.8. The number of carboxylic acids is 3. The van der Waals surface area contributed by atoms with Crippen LogP contribution in [0.4, 0.5) is 0 Å². The standard InChI is InChI=1S/C18H27N3O9S3/c22-13(23)10-31-7-1-4-28-16-19-17(29-5-2-8-32-11-14(24)25)21-18(20-16)30-6-3-9-33-12-15(26)27/h1-12H2,(H,22,23)(H,24,25)(H,26,27). The number of aromatic nitrogens is 3. The molecule has 0 atom stereocenters. The molecule has 0 radical (unpaired) electrons. The Morgan fingerprint density at radius 1 is 0.576 bits per heavy atom. The highest BCUT2D eigenvalue weighted by Crippen LogP contribution is 2.16. The van der Waals surface area contributed by atoms with Gasteiger partial charge in [0, 0.05) is 0 Å². The van der Waals surface area contributed by atoms with Crippen LogP contribution in [0.5, 0.6) is 18.0 Å². The molecule has 15 heteroatoms. The van der Waals surface area contributed by atoms with E-state index in [1.54, 1.807) is 0 Å². The second-order valence-electron chi connectivity index (χ2n) is 6.13. The topological polar surface area (TPSA) is 178 Å². The molecule has 0 fully saturated rings. The molecule has 1 aromatic heterocycles. The van der Waals surface area contributed by atoms with Crippen molar-refractivity contribution in [2.24, 2.45) is 0 Å². The monoisotopic (exact) mass is 525 g/mol. The smallest absolute Gasteiger partial charge is 0.325 e. The van der Waals surface area contributed by atoms with Gasteiger partial charge in [-0.15, -0.1) is 15.0 Å². The molecular weight excluding hydrogens is 498 g/mol. The van der Waals surface area contributed by atoms with E-state index < -0.39 is 17.9 Å². The third-order valence-electron chi connectivity index (χ3n) is 3.24. The number of carboxylic acid groups (broad SMARTS) is 3. The van der Waals surface area contributed by atoms with E-state index in [9.17, 15) is 14.4 Å². The Hall–Kier alpha value is -2.13. The third-order valence-corrected chi connectivity index (χ3v) is 6.33. The number of thioether (sulfide) groups is 3. The van der Waals surface area contributed by atoms with E-state index in [-0.39, 0.29) is 55.1 Å². The summed E-state index contributed by atoms with van der Waals surface area (Å²) in [7, 11) is 0. The molecule has 0 amide bonds. The van der Waals surface area contributed by atoms with E-state index in [4.69, 9.17) is 29.5 Å². The Morgan fingerprint density at radius 3 is 1.09 bits per heavy atom. The van der Waals surface area contributed by atoms with Crippen molar-refractivity contribution in [3.63, 3.8) is 0 Å². The van der Waals surface area contributed by atoms with Gasteiger partial charge in [0.2, 0.25) is 0 Å². The highest BCUT2D eigenvalue weighted by atomic mass is 32.2. The normalized spacial score (nSPS) is 10.5. The van der Waals surface area contributed by atoms with Crippen molar-refractivity contribution in [3.05, 3.63) is 0 Å². The molecule has 0 unspecified atom stereocenters. The van der Waals surface area contributed by atoms with Gasteiger partial charge in [0.1, 0.15) is 0 Å². The number of rotatable bonds is 21. The molecular formula is C18H27N3O9S3. The van der Waals surface area contributed by atoms with Crippen LogP contribution in [0.2, 0.25) is 0 Å². The van der Waals surface area contributed by atoms with Crippen LogP contribution < -0.4 is 14.2 Å².